The molecule has 1 aliphatic heterocycles. The smallest absolute Gasteiger partial charge is 0.407 e. The summed E-state index contributed by atoms with van der Waals surface area (Å²) in [5, 5.41) is 2.62. The highest BCUT2D eigenvalue weighted by molar-refractivity contribution is 5.67. The largest absolute Gasteiger partial charge is 0.449 e. The van der Waals surface area contributed by atoms with Crippen molar-refractivity contribution in [1.29, 1.82) is 0 Å². The summed E-state index contributed by atoms with van der Waals surface area (Å²) in [7, 11) is 0. The number of benzene rings is 1. The van der Waals surface area contributed by atoms with Gasteiger partial charge in [-0.1, -0.05) is 12.1 Å². The van der Waals surface area contributed by atoms with Crippen LogP contribution in [0.3, 0.4) is 0 Å². The molecule has 1 aromatic rings. The Bertz CT molecular complexity index is 479. The fraction of sp³-hybridized carbons (Fsp3) is 0.500. The van der Waals surface area contributed by atoms with Gasteiger partial charge in [0.25, 0.3) is 6.29 Å². The SMILES string of the molecule is Cc1cccc2c1OC(CNC(=O)OC(C)(C)C)O2. The second-order valence-electron chi connectivity index (χ2n) is 5.45. The maximum absolute atomic E-state index is 11.5. The third-order valence-electron chi connectivity index (χ3n) is 2.50. The van der Waals surface area contributed by atoms with Gasteiger partial charge < -0.3 is 19.5 Å². The molecule has 5 nitrogen and oxygen atoms in total. The number of nitrogens with one attached hydrogen (secondary N) is 1. The van der Waals surface area contributed by atoms with Gasteiger partial charge in [-0.2, -0.15) is 0 Å². The molecule has 0 saturated heterocycles. The molecule has 1 aliphatic rings. The topological polar surface area (TPSA) is 56.8 Å². The van der Waals surface area contributed by atoms with Crippen molar-refractivity contribution in [3.63, 3.8) is 0 Å². The standard InChI is InChI=1S/C14H19NO4/c1-9-6-5-7-10-12(9)18-11(17-10)8-15-13(16)19-14(2,3)4/h5-7,11H,8H2,1-4H3,(H,15,16). The Kier molecular flexibility index (Phi) is 3.55. The molecule has 0 bridgehead atoms. The van der Waals surface area contributed by atoms with Crippen LogP contribution in [0.1, 0.15) is 26.3 Å². The van der Waals surface area contributed by atoms with Gasteiger partial charge in [-0.05, 0) is 39.3 Å². The molecule has 1 amide bonds. The maximum Gasteiger partial charge on any atom is 0.407 e. The van der Waals surface area contributed by atoms with Crippen LogP contribution < -0.4 is 14.8 Å². The average molecular weight is 265 g/mol. The van der Waals surface area contributed by atoms with Crippen molar-refractivity contribution < 1.29 is 19.0 Å². The number of aryl methyl sites for hydroxylation is 1. The van der Waals surface area contributed by atoms with E-state index in [4.69, 9.17) is 14.2 Å². The number of ether oxygens (including phenoxy) is 3. The summed E-state index contributed by atoms with van der Waals surface area (Å²) < 4.78 is 16.3. The van der Waals surface area contributed by atoms with Crippen LogP contribution in [0, 0.1) is 6.92 Å². The van der Waals surface area contributed by atoms with E-state index in [2.05, 4.69) is 5.32 Å². The normalized spacial score (nSPS) is 17.2. The van der Waals surface area contributed by atoms with Gasteiger partial charge in [0.1, 0.15) is 5.60 Å². The molecule has 0 saturated carbocycles. The molecule has 1 atom stereocenters. The van der Waals surface area contributed by atoms with E-state index in [9.17, 15) is 4.79 Å². The second-order valence-corrected chi connectivity index (χ2v) is 5.45. The summed E-state index contributed by atoms with van der Waals surface area (Å²) >= 11 is 0. The minimum Gasteiger partial charge on any atom is -0.449 e. The highest BCUT2D eigenvalue weighted by Gasteiger charge is 2.26. The lowest BCUT2D eigenvalue weighted by Gasteiger charge is -2.20. The molecule has 104 valence electrons. The van der Waals surface area contributed by atoms with E-state index < -0.39 is 18.0 Å². The number of alkyl carbamates (subject to hydrolysis) is 1. The van der Waals surface area contributed by atoms with Crippen LogP contribution in [0.5, 0.6) is 11.5 Å². The summed E-state index contributed by atoms with van der Waals surface area (Å²) in [5.41, 5.74) is 0.498. The van der Waals surface area contributed by atoms with Crippen LogP contribution in [0.4, 0.5) is 4.79 Å². The van der Waals surface area contributed by atoms with Crippen LogP contribution in [0.2, 0.25) is 0 Å². The van der Waals surface area contributed by atoms with Crippen LogP contribution in [-0.2, 0) is 4.74 Å². The van der Waals surface area contributed by atoms with Crippen molar-refractivity contribution in [2.24, 2.45) is 0 Å². The first-order chi connectivity index (χ1) is 8.85. The highest BCUT2D eigenvalue weighted by Crippen LogP contribution is 2.37. The first-order valence-corrected chi connectivity index (χ1v) is 6.25. The van der Waals surface area contributed by atoms with Crippen LogP contribution in [0.15, 0.2) is 18.2 Å². The monoisotopic (exact) mass is 265 g/mol. The van der Waals surface area contributed by atoms with Crippen LogP contribution in [-0.4, -0.2) is 24.5 Å². The van der Waals surface area contributed by atoms with Gasteiger partial charge in [-0.25, -0.2) is 4.79 Å². The van der Waals surface area contributed by atoms with E-state index in [0.29, 0.717) is 5.75 Å². The van der Waals surface area contributed by atoms with Gasteiger partial charge in [-0.15, -0.1) is 0 Å². The van der Waals surface area contributed by atoms with Gasteiger partial charge in [0.05, 0.1) is 6.54 Å². The van der Waals surface area contributed by atoms with Gasteiger partial charge in [0, 0.05) is 0 Å². The molecule has 0 fully saturated rings. The molecule has 0 aromatic heterocycles. The Morgan fingerprint density at radius 1 is 1.37 bits per heavy atom. The Morgan fingerprint density at radius 2 is 2.11 bits per heavy atom. The first kappa shape index (κ1) is 13.5. The Morgan fingerprint density at radius 3 is 2.74 bits per heavy atom. The molecule has 0 radical (unpaired) electrons. The fourth-order valence-electron chi connectivity index (χ4n) is 1.73. The predicted molar refractivity (Wildman–Crippen MR) is 70.5 cm³/mol. The molecule has 5 heteroatoms. The number of amides is 1. The number of fused-ring (bicyclic) bond motifs is 1. The summed E-state index contributed by atoms with van der Waals surface area (Å²) in [5.74, 6) is 1.44. The molecule has 1 heterocycles. The number of hydrogen-bond donors (Lipinski definition) is 1. The molecule has 19 heavy (non-hydrogen) atoms. The predicted octanol–water partition coefficient (Wildman–Crippen LogP) is 2.62. The molecule has 1 aromatic carbocycles. The Balaban J connectivity index is 1.85. The van der Waals surface area contributed by atoms with Crippen molar-refractivity contribution >= 4 is 6.09 Å². The molecule has 2 rings (SSSR count). The van der Waals surface area contributed by atoms with E-state index in [-0.39, 0.29) is 6.54 Å². The quantitative estimate of drug-likeness (QED) is 0.893. The molecule has 0 spiro atoms. The van der Waals surface area contributed by atoms with E-state index in [1.807, 2.05) is 45.9 Å². The maximum atomic E-state index is 11.5. The summed E-state index contributed by atoms with van der Waals surface area (Å²) in [6.07, 6.45) is -0.990. The molecule has 0 aliphatic carbocycles. The first-order valence-electron chi connectivity index (χ1n) is 6.25. The van der Waals surface area contributed by atoms with Crippen molar-refractivity contribution in [1.82, 2.24) is 5.32 Å². The second kappa shape index (κ2) is 4.99. The number of hydrogen-bond acceptors (Lipinski definition) is 4. The van der Waals surface area contributed by atoms with Crippen molar-refractivity contribution in [3.05, 3.63) is 23.8 Å². The minimum atomic E-state index is -0.513. The van der Waals surface area contributed by atoms with Gasteiger partial charge in [0.15, 0.2) is 11.5 Å². The third-order valence-corrected chi connectivity index (χ3v) is 2.50. The Labute approximate surface area is 112 Å². The van der Waals surface area contributed by atoms with Crippen molar-refractivity contribution in [2.75, 3.05) is 6.54 Å². The zero-order chi connectivity index (χ0) is 14.0. The van der Waals surface area contributed by atoms with Crippen LogP contribution in [0.25, 0.3) is 0 Å². The zero-order valence-electron chi connectivity index (χ0n) is 11.6. The van der Waals surface area contributed by atoms with E-state index in [1.54, 1.807) is 0 Å². The lowest BCUT2D eigenvalue weighted by atomic mass is 10.2. The number of carbonyl (C=O) groups is 1. The molecule has 1 N–H and O–H groups in total. The van der Waals surface area contributed by atoms with Crippen molar-refractivity contribution in [3.8, 4) is 11.5 Å². The summed E-state index contributed by atoms with van der Waals surface area (Å²) in [4.78, 5) is 11.5. The molecular weight excluding hydrogens is 246 g/mol. The number of carbonyl (C=O) groups excluding carboxylic acids is 1. The van der Waals surface area contributed by atoms with Gasteiger partial charge in [-0.3, -0.25) is 0 Å². The molecular formula is C14H19NO4. The zero-order valence-corrected chi connectivity index (χ0v) is 11.6. The lowest BCUT2D eigenvalue weighted by molar-refractivity contribution is 0.0300. The van der Waals surface area contributed by atoms with Crippen molar-refractivity contribution in [2.45, 2.75) is 39.6 Å². The Hall–Kier alpha value is -1.91. The fourth-order valence-corrected chi connectivity index (χ4v) is 1.73. The highest BCUT2D eigenvalue weighted by atomic mass is 16.7. The number of para-hydroxylation sites is 1. The average Bonchev–Trinajstić information content (AvgIpc) is 2.68. The minimum absolute atomic E-state index is 0.239. The van der Waals surface area contributed by atoms with E-state index >= 15 is 0 Å². The van der Waals surface area contributed by atoms with Gasteiger partial charge in [0.2, 0.25) is 0 Å². The third kappa shape index (κ3) is 3.53. The van der Waals surface area contributed by atoms with E-state index in [0.717, 1.165) is 11.3 Å². The summed E-state index contributed by atoms with van der Waals surface area (Å²) in [6, 6.07) is 5.70. The lowest BCUT2D eigenvalue weighted by Crippen LogP contribution is -2.39. The molecule has 1 unspecified atom stereocenters. The number of rotatable bonds is 2. The van der Waals surface area contributed by atoms with Gasteiger partial charge >= 0.3 is 6.09 Å². The summed E-state index contributed by atoms with van der Waals surface area (Å²) in [6.45, 7) is 7.63. The van der Waals surface area contributed by atoms with Crippen LogP contribution >= 0.6 is 0 Å². The van der Waals surface area contributed by atoms with E-state index in [1.165, 1.54) is 0 Å².